The van der Waals surface area contributed by atoms with Crippen molar-refractivity contribution < 1.29 is 5.11 Å². The molecule has 25 heavy (non-hydrogen) atoms. The highest BCUT2D eigenvalue weighted by Gasteiger charge is 2.31. The molecule has 1 N–H and O–H groups in total. The van der Waals surface area contributed by atoms with E-state index in [4.69, 9.17) is 11.6 Å². The average Bonchev–Trinajstić information content (AvgIpc) is 2.98. The van der Waals surface area contributed by atoms with Gasteiger partial charge in [-0.2, -0.15) is 5.10 Å². The second-order valence-corrected chi connectivity index (χ2v) is 7.48. The van der Waals surface area contributed by atoms with Crippen LogP contribution < -0.4 is 4.90 Å². The summed E-state index contributed by atoms with van der Waals surface area (Å²) in [6.45, 7) is 5.52. The molecule has 0 radical (unpaired) electrons. The molecule has 0 spiro atoms. The maximum Gasteiger partial charge on any atom is 0.131 e. The Morgan fingerprint density at radius 3 is 2.56 bits per heavy atom. The van der Waals surface area contributed by atoms with Crippen molar-refractivity contribution >= 4 is 17.3 Å². The number of aromatic nitrogens is 3. The van der Waals surface area contributed by atoms with Crippen LogP contribution in [0.15, 0.2) is 24.7 Å². The third-order valence-electron chi connectivity index (χ3n) is 4.73. The molecular weight excluding hydrogens is 336 g/mol. The summed E-state index contributed by atoms with van der Waals surface area (Å²) in [5.41, 5.74) is 2.09. The second kappa shape index (κ2) is 7.07. The highest BCUT2D eigenvalue weighted by molar-refractivity contribution is 6.29. The summed E-state index contributed by atoms with van der Waals surface area (Å²) < 4.78 is 1.73. The van der Waals surface area contributed by atoms with Crippen LogP contribution in [-0.4, -0.2) is 38.6 Å². The second-order valence-electron chi connectivity index (χ2n) is 7.09. The molecule has 1 aliphatic rings. The number of pyridine rings is 1. The van der Waals surface area contributed by atoms with Crippen LogP contribution in [-0.2, 0) is 7.05 Å². The van der Waals surface area contributed by atoms with Gasteiger partial charge in [0.05, 0.1) is 28.6 Å². The van der Waals surface area contributed by atoms with Gasteiger partial charge in [-0.1, -0.05) is 23.4 Å². The fraction of sp³-hybridized carbons (Fsp3) is 0.474. The molecule has 2 aromatic heterocycles. The van der Waals surface area contributed by atoms with Crippen molar-refractivity contribution in [2.24, 2.45) is 13.0 Å². The lowest BCUT2D eigenvalue weighted by Crippen LogP contribution is -2.42. The molecule has 3 heterocycles. The van der Waals surface area contributed by atoms with E-state index < -0.39 is 5.60 Å². The molecule has 1 aliphatic heterocycles. The monoisotopic (exact) mass is 358 g/mol. The van der Waals surface area contributed by atoms with Crippen LogP contribution in [0, 0.1) is 17.8 Å². The molecule has 0 amide bonds. The van der Waals surface area contributed by atoms with Crippen molar-refractivity contribution in [3.05, 3.63) is 40.9 Å². The molecule has 3 rings (SSSR count). The molecule has 0 atom stereocenters. The first-order valence-electron chi connectivity index (χ1n) is 8.46. The van der Waals surface area contributed by atoms with E-state index >= 15 is 0 Å². The van der Waals surface area contributed by atoms with Gasteiger partial charge in [0.2, 0.25) is 0 Å². The number of hydrogen-bond donors (Lipinski definition) is 1. The van der Waals surface area contributed by atoms with E-state index in [9.17, 15) is 5.11 Å². The Balaban J connectivity index is 1.82. The Morgan fingerprint density at radius 1 is 1.24 bits per heavy atom. The number of rotatable bonds is 2. The van der Waals surface area contributed by atoms with Crippen molar-refractivity contribution in [2.45, 2.75) is 32.3 Å². The lowest BCUT2D eigenvalue weighted by Gasteiger charge is -2.39. The third kappa shape index (κ3) is 4.33. The van der Waals surface area contributed by atoms with Gasteiger partial charge in [-0.3, -0.25) is 4.68 Å². The van der Waals surface area contributed by atoms with E-state index in [-0.39, 0.29) is 0 Å². The van der Waals surface area contributed by atoms with E-state index in [1.807, 2.05) is 33.2 Å². The average molecular weight is 359 g/mol. The summed E-state index contributed by atoms with van der Waals surface area (Å²) in [6, 6.07) is 1.87. The third-order valence-corrected chi connectivity index (χ3v) is 4.94. The van der Waals surface area contributed by atoms with Crippen LogP contribution in [0.3, 0.4) is 0 Å². The molecule has 0 saturated carbocycles. The molecule has 0 aromatic carbocycles. The number of piperidine rings is 1. The van der Waals surface area contributed by atoms with Gasteiger partial charge in [-0.05, 0) is 32.6 Å². The zero-order chi connectivity index (χ0) is 18.0. The fourth-order valence-electron chi connectivity index (χ4n) is 3.23. The molecule has 1 saturated heterocycles. The number of halogens is 1. The molecular formula is C19H23ClN4O. The normalized spacial score (nSPS) is 15.8. The Labute approximate surface area is 153 Å². The molecule has 0 aliphatic carbocycles. The van der Waals surface area contributed by atoms with Gasteiger partial charge in [0.15, 0.2) is 0 Å². The quantitative estimate of drug-likeness (QED) is 0.662. The van der Waals surface area contributed by atoms with Gasteiger partial charge >= 0.3 is 0 Å². The highest BCUT2D eigenvalue weighted by atomic mass is 35.5. The van der Waals surface area contributed by atoms with Crippen LogP contribution in [0.2, 0.25) is 5.15 Å². The van der Waals surface area contributed by atoms with E-state index in [1.165, 1.54) is 0 Å². The van der Waals surface area contributed by atoms with Gasteiger partial charge < -0.3 is 10.0 Å². The minimum atomic E-state index is -0.634. The minimum Gasteiger partial charge on any atom is -0.390 e. The van der Waals surface area contributed by atoms with E-state index in [0.717, 1.165) is 42.7 Å². The zero-order valence-electron chi connectivity index (χ0n) is 14.8. The molecule has 2 aromatic rings. The molecule has 6 heteroatoms. The van der Waals surface area contributed by atoms with Gasteiger partial charge in [0, 0.05) is 38.6 Å². The summed E-state index contributed by atoms with van der Waals surface area (Å²) in [5, 5.41) is 14.8. The van der Waals surface area contributed by atoms with E-state index in [0.29, 0.717) is 11.1 Å². The summed E-state index contributed by atoms with van der Waals surface area (Å²) >= 11 is 6.12. The summed E-state index contributed by atoms with van der Waals surface area (Å²) in [7, 11) is 1.87. The molecule has 132 valence electrons. The largest absolute Gasteiger partial charge is 0.390 e. The molecule has 0 unspecified atom stereocenters. The van der Waals surface area contributed by atoms with Crippen molar-refractivity contribution in [1.82, 2.24) is 14.8 Å². The van der Waals surface area contributed by atoms with Crippen molar-refractivity contribution in [3.8, 4) is 11.8 Å². The fourth-order valence-corrected chi connectivity index (χ4v) is 3.38. The summed E-state index contributed by atoms with van der Waals surface area (Å²) in [4.78, 5) is 6.46. The van der Waals surface area contributed by atoms with Crippen molar-refractivity contribution in [2.75, 3.05) is 18.0 Å². The molecule has 5 nitrogen and oxygen atoms in total. The standard InChI is InChI=1S/C19H23ClN4O/c1-19(2,25)16-6-8-24(9-7-16)17-10-18(20)21-12-15(17)5-4-14-11-22-23(3)13-14/h10-13,16,25H,6-9H2,1-3H3. The summed E-state index contributed by atoms with van der Waals surface area (Å²) in [5.74, 6) is 6.64. The first-order valence-corrected chi connectivity index (χ1v) is 8.84. The predicted molar refractivity (Wildman–Crippen MR) is 99.7 cm³/mol. The van der Waals surface area contributed by atoms with Crippen LogP contribution >= 0.6 is 11.6 Å². The Morgan fingerprint density at radius 2 is 1.96 bits per heavy atom. The smallest absolute Gasteiger partial charge is 0.131 e. The van der Waals surface area contributed by atoms with Gasteiger partial charge in [-0.15, -0.1) is 0 Å². The van der Waals surface area contributed by atoms with Crippen LogP contribution in [0.5, 0.6) is 0 Å². The van der Waals surface area contributed by atoms with Crippen molar-refractivity contribution in [3.63, 3.8) is 0 Å². The Hall–Kier alpha value is -2.03. The van der Waals surface area contributed by atoms with Gasteiger partial charge in [0.25, 0.3) is 0 Å². The van der Waals surface area contributed by atoms with Gasteiger partial charge in [-0.25, -0.2) is 4.98 Å². The summed E-state index contributed by atoms with van der Waals surface area (Å²) in [6.07, 6.45) is 7.23. The maximum absolute atomic E-state index is 10.2. The zero-order valence-corrected chi connectivity index (χ0v) is 15.6. The van der Waals surface area contributed by atoms with Crippen LogP contribution in [0.25, 0.3) is 0 Å². The highest BCUT2D eigenvalue weighted by Crippen LogP contribution is 2.32. The molecule has 1 fully saturated rings. The Bertz CT molecular complexity index is 805. The van der Waals surface area contributed by atoms with Crippen molar-refractivity contribution in [1.29, 1.82) is 0 Å². The predicted octanol–water partition coefficient (Wildman–Crippen LogP) is 2.86. The number of anilines is 1. The Kier molecular flexibility index (Phi) is 5.03. The topological polar surface area (TPSA) is 54.2 Å². The van der Waals surface area contributed by atoms with E-state index in [1.54, 1.807) is 17.1 Å². The maximum atomic E-state index is 10.2. The number of aliphatic hydroxyl groups is 1. The SMILES string of the molecule is Cn1cc(C#Cc2cnc(Cl)cc2N2CCC(C(C)(C)O)CC2)cn1. The number of hydrogen-bond acceptors (Lipinski definition) is 4. The first-order chi connectivity index (χ1) is 11.8. The van der Waals surface area contributed by atoms with Crippen LogP contribution in [0.1, 0.15) is 37.8 Å². The van der Waals surface area contributed by atoms with E-state index in [2.05, 4.69) is 26.8 Å². The number of aryl methyl sites for hydroxylation is 1. The molecule has 0 bridgehead atoms. The van der Waals surface area contributed by atoms with Gasteiger partial charge in [0.1, 0.15) is 5.15 Å². The van der Waals surface area contributed by atoms with Crippen LogP contribution in [0.4, 0.5) is 5.69 Å². The lowest BCUT2D eigenvalue weighted by molar-refractivity contribution is 0.00651. The first kappa shape index (κ1) is 17.8. The number of nitrogens with zero attached hydrogens (tertiary/aromatic N) is 4. The minimum absolute atomic E-state index is 0.311. The lowest BCUT2D eigenvalue weighted by atomic mass is 9.83.